The van der Waals surface area contributed by atoms with Crippen LogP contribution in [0, 0.1) is 12.8 Å². The van der Waals surface area contributed by atoms with Gasteiger partial charge in [0, 0.05) is 50.4 Å². The van der Waals surface area contributed by atoms with Crippen LogP contribution in [0.2, 0.25) is 0 Å². The minimum Gasteiger partial charge on any atom is -0.377 e. The van der Waals surface area contributed by atoms with E-state index in [1.165, 1.54) is 0 Å². The van der Waals surface area contributed by atoms with Crippen molar-refractivity contribution < 1.29 is 9.53 Å². The average molecular weight is 391 g/mol. The van der Waals surface area contributed by atoms with E-state index >= 15 is 0 Å². The van der Waals surface area contributed by atoms with Crippen LogP contribution in [-0.4, -0.2) is 57.7 Å². The van der Waals surface area contributed by atoms with Crippen LogP contribution >= 0.6 is 0 Å². The predicted molar refractivity (Wildman–Crippen MR) is 112 cm³/mol. The molecule has 3 aromatic rings. The molecular weight excluding hydrogens is 366 g/mol. The number of carbonyl (C=O) groups is 1. The molecule has 1 unspecified atom stereocenters. The van der Waals surface area contributed by atoms with E-state index < -0.39 is 0 Å². The summed E-state index contributed by atoms with van der Waals surface area (Å²) in [5.41, 5.74) is 2.16. The molecule has 29 heavy (non-hydrogen) atoms. The van der Waals surface area contributed by atoms with Crippen molar-refractivity contribution in [3.63, 3.8) is 0 Å². The summed E-state index contributed by atoms with van der Waals surface area (Å²) in [7, 11) is 2.01. The number of benzene rings is 1. The van der Waals surface area contributed by atoms with Gasteiger partial charge in [0.15, 0.2) is 0 Å². The molecule has 2 fully saturated rings. The summed E-state index contributed by atoms with van der Waals surface area (Å²) in [6.45, 7) is 5.39. The lowest BCUT2D eigenvalue weighted by Crippen LogP contribution is -2.55. The topological polar surface area (TPSA) is 72.3 Å². The van der Waals surface area contributed by atoms with Crippen LogP contribution in [0.1, 0.15) is 12.2 Å². The van der Waals surface area contributed by atoms with Crippen molar-refractivity contribution in [3.8, 4) is 11.3 Å². The van der Waals surface area contributed by atoms with Crippen LogP contribution in [-0.2, 0) is 16.6 Å². The number of nitrogens with zero attached hydrogens (tertiary/aromatic N) is 4. The third kappa shape index (κ3) is 3.52. The minimum atomic E-state index is 0.0244. The summed E-state index contributed by atoms with van der Waals surface area (Å²) < 4.78 is 7.53. The molecule has 150 valence electrons. The first-order valence-corrected chi connectivity index (χ1v) is 10.1. The third-order valence-corrected chi connectivity index (χ3v) is 6.07. The molecule has 1 atom stereocenters. The van der Waals surface area contributed by atoms with Crippen molar-refractivity contribution in [2.45, 2.75) is 19.4 Å². The Morgan fingerprint density at radius 1 is 1.21 bits per heavy atom. The second kappa shape index (κ2) is 7.24. The fourth-order valence-corrected chi connectivity index (χ4v) is 3.97. The monoisotopic (exact) mass is 391 g/mol. The average Bonchev–Trinajstić information content (AvgIpc) is 2.97. The van der Waals surface area contributed by atoms with Crippen molar-refractivity contribution in [2.24, 2.45) is 13.0 Å². The highest BCUT2D eigenvalue weighted by atomic mass is 16.5. The molecule has 1 N–H and O–H groups in total. The fraction of sp³-hybridized carbons (Fsp3) is 0.409. The van der Waals surface area contributed by atoms with Gasteiger partial charge < -0.3 is 14.6 Å². The first-order valence-electron chi connectivity index (χ1n) is 10.1. The Balaban J connectivity index is 1.28. The Bertz CT molecular complexity index is 1070. The van der Waals surface area contributed by atoms with Crippen molar-refractivity contribution >= 4 is 22.5 Å². The number of aryl methyl sites for hydroxylation is 1. The van der Waals surface area contributed by atoms with Crippen molar-refractivity contribution in [1.82, 2.24) is 19.4 Å². The van der Waals surface area contributed by atoms with Gasteiger partial charge in [-0.05, 0) is 30.9 Å². The number of nitrogens with one attached hydrogen (secondary N) is 1. The number of rotatable bonds is 5. The molecule has 5 rings (SSSR count). The summed E-state index contributed by atoms with van der Waals surface area (Å²) in [5.74, 6) is 1.64. The summed E-state index contributed by atoms with van der Waals surface area (Å²) in [6.07, 6.45) is 5.19. The van der Waals surface area contributed by atoms with Gasteiger partial charge in [0.1, 0.15) is 11.6 Å². The van der Waals surface area contributed by atoms with E-state index in [2.05, 4.69) is 43.0 Å². The molecule has 4 heterocycles. The summed E-state index contributed by atoms with van der Waals surface area (Å²) in [4.78, 5) is 23.6. The number of fused-ring (bicyclic) bond motifs is 1. The van der Waals surface area contributed by atoms with Crippen LogP contribution in [0.4, 0.5) is 5.82 Å². The van der Waals surface area contributed by atoms with Crippen LogP contribution in [0.15, 0.2) is 36.7 Å². The van der Waals surface area contributed by atoms with Gasteiger partial charge in [-0.25, -0.2) is 9.97 Å². The largest absolute Gasteiger partial charge is 0.377 e. The van der Waals surface area contributed by atoms with Crippen LogP contribution in [0.25, 0.3) is 22.0 Å². The molecule has 2 aliphatic heterocycles. The van der Waals surface area contributed by atoms with Crippen LogP contribution in [0.3, 0.4) is 0 Å². The van der Waals surface area contributed by atoms with Crippen molar-refractivity contribution in [2.75, 3.05) is 31.6 Å². The normalized spacial score (nSPS) is 19.7. The molecule has 1 amide bonds. The molecule has 2 saturated heterocycles. The van der Waals surface area contributed by atoms with E-state index in [0.717, 1.165) is 60.5 Å². The molecule has 0 spiro atoms. The minimum absolute atomic E-state index is 0.0244. The van der Waals surface area contributed by atoms with E-state index in [-0.39, 0.29) is 11.8 Å². The van der Waals surface area contributed by atoms with Crippen LogP contribution in [0.5, 0.6) is 0 Å². The number of anilines is 1. The van der Waals surface area contributed by atoms with E-state index in [4.69, 9.17) is 4.74 Å². The van der Waals surface area contributed by atoms with Gasteiger partial charge in [0.05, 0.1) is 23.9 Å². The maximum atomic E-state index is 12.6. The second-order valence-electron chi connectivity index (χ2n) is 8.07. The highest BCUT2D eigenvalue weighted by Gasteiger charge is 2.35. The molecule has 0 bridgehead atoms. The number of imidazole rings is 1. The van der Waals surface area contributed by atoms with E-state index in [1.807, 2.05) is 32.4 Å². The van der Waals surface area contributed by atoms with Gasteiger partial charge in [-0.1, -0.05) is 12.1 Å². The SMILES string of the molecule is Cc1ncc(-c2ccc3cnc(NC(=O)C4CN(CC5CCO5)C4)cc3c2)n1C. The van der Waals surface area contributed by atoms with Gasteiger partial charge in [0.25, 0.3) is 0 Å². The number of likely N-dealkylation sites (tertiary alicyclic amines) is 1. The lowest BCUT2D eigenvalue weighted by Gasteiger charge is -2.41. The first-order chi connectivity index (χ1) is 14.1. The molecule has 1 aromatic carbocycles. The first kappa shape index (κ1) is 18.3. The molecule has 0 radical (unpaired) electrons. The number of pyridine rings is 1. The van der Waals surface area contributed by atoms with Gasteiger partial charge in [-0.3, -0.25) is 9.69 Å². The lowest BCUT2D eigenvalue weighted by atomic mass is 9.97. The Labute approximate surface area is 169 Å². The smallest absolute Gasteiger partial charge is 0.231 e. The maximum Gasteiger partial charge on any atom is 0.231 e. The molecule has 2 aliphatic rings. The molecular formula is C22H25N5O2. The van der Waals surface area contributed by atoms with E-state index in [9.17, 15) is 4.79 Å². The third-order valence-electron chi connectivity index (χ3n) is 6.07. The summed E-state index contributed by atoms with van der Waals surface area (Å²) >= 11 is 0. The zero-order chi connectivity index (χ0) is 20.0. The zero-order valence-corrected chi connectivity index (χ0v) is 16.8. The number of amides is 1. The highest BCUT2D eigenvalue weighted by Crippen LogP contribution is 2.26. The van der Waals surface area contributed by atoms with Gasteiger partial charge in [-0.2, -0.15) is 0 Å². The number of ether oxygens (including phenoxy) is 1. The highest BCUT2D eigenvalue weighted by molar-refractivity contribution is 5.95. The number of hydrogen-bond acceptors (Lipinski definition) is 5. The van der Waals surface area contributed by atoms with Crippen molar-refractivity contribution in [1.29, 1.82) is 0 Å². The summed E-state index contributed by atoms with van der Waals surface area (Å²) in [5, 5.41) is 5.07. The number of aromatic nitrogens is 3. The standard InChI is InChI=1S/C22H25N5O2/c1-14-23-10-20(26(14)2)15-3-4-16-9-24-21(8-17(16)7-15)25-22(28)18-11-27(12-18)13-19-5-6-29-19/h3-4,7-10,18-19H,5-6,11-13H2,1-2H3,(H,24,25,28). The van der Waals surface area contributed by atoms with Crippen molar-refractivity contribution in [3.05, 3.63) is 42.5 Å². The fourth-order valence-electron chi connectivity index (χ4n) is 3.97. The Morgan fingerprint density at radius 2 is 2.03 bits per heavy atom. The lowest BCUT2D eigenvalue weighted by molar-refractivity contribution is -0.128. The Morgan fingerprint density at radius 3 is 2.72 bits per heavy atom. The van der Waals surface area contributed by atoms with E-state index in [0.29, 0.717) is 11.9 Å². The summed E-state index contributed by atoms with van der Waals surface area (Å²) in [6, 6.07) is 8.19. The Hall–Kier alpha value is -2.77. The second-order valence-corrected chi connectivity index (χ2v) is 8.07. The molecule has 0 saturated carbocycles. The maximum absolute atomic E-state index is 12.6. The quantitative estimate of drug-likeness (QED) is 0.724. The van der Waals surface area contributed by atoms with Gasteiger partial charge in [-0.15, -0.1) is 0 Å². The zero-order valence-electron chi connectivity index (χ0n) is 16.8. The molecule has 7 heteroatoms. The molecule has 0 aliphatic carbocycles. The molecule has 2 aromatic heterocycles. The van der Waals surface area contributed by atoms with Crippen LogP contribution < -0.4 is 5.32 Å². The number of carbonyl (C=O) groups excluding carboxylic acids is 1. The molecule has 7 nitrogen and oxygen atoms in total. The van der Waals surface area contributed by atoms with Gasteiger partial charge >= 0.3 is 0 Å². The van der Waals surface area contributed by atoms with Gasteiger partial charge in [0.2, 0.25) is 5.91 Å². The Kier molecular flexibility index (Phi) is 4.56. The number of hydrogen-bond donors (Lipinski definition) is 1. The predicted octanol–water partition coefficient (Wildman–Crippen LogP) is 2.60. The van der Waals surface area contributed by atoms with E-state index in [1.54, 1.807) is 0 Å².